The molecule has 1 aliphatic rings. The molecule has 0 radical (unpaired) electrons. The third-order valence-electron chi connectivity index (χ3n) is 4.53. The molecule has 0 N–H and O–H groups in total. The van der Waals surface area contributed by atoms with Crippen molar-refractivity contribution in [3.63, 3.8) is 0 Å². The molecule has 3 aromatic rings. The van der Waals surface area contributed by atoms with Gasteiger partial charge in [-0.2, -0.15) is 0 Å². The first-order valence-electron chi connectivity index (χ1n) is 8.64. The van der Waals surface area contributed by atoms with Gasteiger partial charge in [-0.15, -0.1) is 11.3 Å². The average molecular weight is 390 g/mol. The van der Waals surface area contributed by atoms with Crippen LogP contribution in [0.2, 0.25) is 5.02 Å². The van der Waals surface area contributed by atoms with Crippen LogP contribution in [0.4, 0.5) is 0 Å². The lowest BCUT2D eigenvalue weighted by atomic mass is 10.2. The zero-order chi connectivity index (χ0) is 18.3. The molecule has 7 heteroatoms. The van der Waals surface area contributed by atoms with E-state index >= 15 is 0 Å². The summed E-state index contributed by atoms with van der Waals surface area (Å²) in [5, 5.41) is 2.72. The number of carbonyl (C=O) groups excluding carboxylic acids is 1. The lowest BCUT2D eigenvalue weighted by Crippen LogP contribution is -2.48. The van der Waals surface area contributed by atoms with Gasteiger partial charge in [0.2, 0.25) is 5.91 Å². The fourth-order valence-corrected chi connectivity index (χ4v) is 4.36. The highest BCUT2D eigenvalue weighted by molar-refractivity contribution is 7.15. The van der Waals surface area contributed by atoms with Gasteiger partial charge in [0, 0.05) is 40.9 Å². The van der Waals surface area contributed by atoms with Crippen LogP contribution in [0.5, 0.6) is 0 Å². The van der Waals surface area contributed by atoms with Gasteiger partial charge in [-0.1, -0.05) is 23.7 Å². The minimum absolute atomic E-state index is 0.0787. The van der Waals surface area contributed by atoms with Gasteiger partial charge in [-0.3, -0.25) is 9.20 Å². The summed E-state index contributed by atoms with van der Waals surface area (Å²) in [4.78, 5) is 20.2. The molecule has 0 spiro atoms. The number of hydrogen-bond donors (Lipinski definition) is 0. The van der Waals surface area contributed by atoms with Crippen molar-refractivity contribution in [2.75, 3.05) is 13.1 Å². The summed E-state index contributed by atoms with van der Waals surface area (Å²) in [7, 11) is 0. The van der Waals surface area contributed by atoms with Crippen LogP contribution in [-0.4, -0.2) is 45.5 Å². The van der Waals surface area contributed by atoms with Gasteiger partial charge in [0.1, 0.15) is 0 Å². The highest BCUT2D eigenvalue weighted by atomic mass is 35.5. The molecule has 4 rings (SSSR count). The van der Waals surface area contributed by atoms with E-state index in [-0.39, 0.29) is 18.1 Å². The van der Waals surface area contributed by atoms with Crippen molar-refractivity contribution in [2.24, 2.45) is 0 Å². The lowest BCUT2D eigenvalue weighted by molar-refractivity contribution is -0.142. The Bertz CT molecular complexity index is 924. The number of amides is 1. The molecule has 1 aliphatic heterocycles. The molecule has 3 heterocycles. The van der Waals surface area contributed by atoms with E-state index in [0.29, 0.717) is 24.5 Å². The Morgan fingerprint density at radius 1 is 1.27 bits per heavy atom. The second kappa shape index (κ2) is 7.02. The molecular weight excluding hydrogens is 370 g/mol. The predicted octanol–water partition coefficient (Wildman–Crippen LogP) is 3.89. The van der Waals surface area contributed by atoms with Crippen LogP contribution in [0, 0.1) is 0 Å². The minimum Gasteiger partial charge on any atom is -0.372 e. The Hall–Kier alpha value is -1.89. The summed E-state index contributed by atoms with van der Waals surface area (Å²) in [6, 6.07) is 7.62. The van der Waals surface area contributed by atoms with Crippen LogP contribution in [-0.2, 0) is 16.0 Å². The number of thiazole rings is 1. The Kier molecular flexibility index (Phi) is 4.73. The van der Waals surface area contributed by atoms with Crippen molar-refractivity contribution in [1.29, 1.82) is 0 Å². The van der Waals surface area contributed by atoms with E-state index in [2.05, 4.69) is 4.98 Å². The highest BCUT2D eigenvalue weighted by Gasteiger charge is 2.26. The van der Waals surface area contributed by atoms with Crippen LogP contribution < -0.4 is 0 Å². The predicted molar refractivity (Wildman–Crippen MR) is 104 cm³/mol. The van der Waals surface area contributed by atoms with Crippen molar-refractivity contribution >= 4 is 33.8 Å². The summed E-state index contributed by atoms with van der Waals surface area (Å²) in [6.07, 6.45) is 2.52. The number of ether oxygens (including phenoxy) is 1. The van der Waals surface area contributed by atoms with E-state index in [9.17, 15) is 4.79 Å². The normalized spacial score (nSPS) is 20.7. The smallest absolute Gasteiger partial charge is 0.228 e. The van der Waals surface area contributed by atoms with Gasteiger partial charge in [0.15, 0.2) is 4.96 Å². The van der Waals surface area contributed by atoms with E-state index in [4.69, 9.17) is 16.3 Å². The Morgan fingerprint density at radius 2 is 1.96 bits per heavy atom. The maximum absolute atomic E-state index is 12.7. The molecule has 1 saturated heterocycles. The van der Waals surface area contributed by atoms with E-state index < -0.39 is 0 Å². The molecule has 2 aromatic heterocycles. The quantitative estimate of drug-likeness (QED) is 0.682. The SMILES string of the molecule is CC1CN(C(=O)Cc2csc3nc(-c4ccc(Cl)cc4)cn23)CC(C)O1. The van der Waals surface area contributed by atoms with Gasteiger partial charge >= 0.3 is 0 Å². The zero-order valence-corrected chi connectivity index (χ0v) is 16.3. The van der Waals surface area contributed by atoms with Crippen LogP contribution in [0.1, 0.15) is 19.5 Å². The van der Waals surface area contributed by atoms with Crippen LogP contribution in [0.15, 0.2) is 35.8 Å². The van der Waals surface area contributed by atoms with Crippen LogP contribution in [0.25, 0.3) is 16.2 Å². The summed E-state index contributed by atoms with van der Waals surface area (Å²) in [6.45, 7) is 5.31. The van der Waals surface area contributed by atoms with E-state index in [1.807, 2.05) is 59.0 Å². The van der Waals surface area contributed by atoms with Crippen molar-refractivity contribution in [1.82, 2.24) is 14.3 Å². The van der Waals surface area contributed by atoms with Crippen LogP contribution >= 0.6 is 22.9 Å². The Morgan fingerprint density at radius 3 is 2.65 bits per heavy atom. The first-order valence-corrected chi connectivity index (χ1v) is 9.90. The number of imidazole rings is 1. The van der Waals surface area contributed by atoms with Gasteiger partial charge in [0.25, 0.3) is 0 Å². The third-order valence-corrected chi connectivity index (χ3v) is 5.67. The zero-order valence-electron chi connectivity index (χ0n) is 14.7. The highest BCUT2D eigenvalue weighted by Crippen LogP contribution is 2.25. The molecule has 2 unspecified atom stereocenters. The number of rotatable bonds is 3. The van der Waals surface area contributed by atoms with Crippen molar-refractivity contribution < 1.29 is 9.53 Å². The number of halogens is 1. The Labute approximate surface area is 161 Å². The van der Waals surface area contributed by atoms with Gasteiger partial charge in [0.05, 0.1) is 24.3 Å². The standard InChI is InChI=1S/C19H20ClN3O2S/c1-12-8-22(9-13(2)25-12)18(24)7-16-11-26-19-21-17(10-23(16)19)14-3-5-15(20)6-4-14/h3-6,10-13H,7-9H2,1-2H3. The summed E-state index contributed by atoms with van der Waals surface area (Å²) >= 11 is 7.51. The second-order valence-electron chi connectivity index (χ2n) is 6.75. The fraction of sp³-hybridized carbons (Fsp3) is 0.368. The molecule has 1 fully saturated rings. The van der Waals surface area contributed by atoms with Crippen molar-refractivity contribution in [3.05, 3.63) is 46.6 Å². The molecule has 0 saturated carbocycles. The molecule has 136 valence electrons. The number of aromatic nitrogens is 2. The van der Waals surface area contributed by atoms with Gasteiger partial charge in [-0.05, 0) is 26.0 Å². The molecule has 26 heavy (non-hydrogen) atoms. The van der Waals surface area contributed by atoms with Gasteiger partial charge in [-0.25, -0.2) is 4.98 Å². The maximum atomic E-state index is 12.7. The summed E-state index contributed by atoms with van der Waals surface area (Å²) in [5.41, 5.74) is 2.86. The van der Waals surface area contributed by atoms with Crippen molar-refractivity contribution in [2.45, 2.75) is 32.5 Å². The topological polar surface area (TPSA) is 46.8 Å². The number of benzene rings is 1. The molecular formula is C19H20ClN3O2S. The summed E-state index contributed by atoms with van der Waals surface area (Å²) in [5.74, 6) is 0.133. The first kappa shape index (κ1) is 17.5. The largest absolute Gasteiger partial charge is 0.372 e. The third kappa shape index (κ3) is 3.49. The minimum atomic E-state index is 0.0787. The fourth-order valence-electron chi connectivity index (χ4n) is 3.36. The van der Waals surface area contributed by atoms with E-state index in [1.54, 1.807) is 11.3 Å². The number of carbonyl (C=O) groups is 1. The van der Waals surface area contributed by atoms with E-state index in [1.165, 1.54) is 0 Å². The second-order valence-corrected chi connectivity index (χ2v) is 8.02. The maximum Gasteiger partial charge on any atom is 0.228 e. The molecule has 1 amide bonds. The lowest BCUT2D eigenvalue weighted by Gasteiger charge is -2.35. The number of hydrogen-bond acceptors (Lipinski definition) is 4. The van der Waals surface area contributed by atoms with Gasteiger partial charge < -0.3 is 9.64 Å². The molecule has 2 atom stereocenters. The number of nitrogens with zero attached hydrogens (tertiary/aromatic N) is 3. The van der Waals surface area contributed by atoms with Crippen LogP contribution in [0.3, 0.4) is 0 Å². The molecule has 1 aromatic carbocycles. The monoisotopic (exact) mass is 389 g/mol. The Balaban J connectivity index is 1.55. The summed E-state index contributed by atoms with van der Waals surface area (Å²) < 4.78 is 7.73. The van der Waals surface area contributed by atoms with Crippen molar-refractivity contribution in [3.8, 4) is 11.3 Å². The molecule has 0 bridgehead atoms. The average Bonchev–Trinajstić information content (AvgIpc) is 3.16. The first-order chi connectivity index (χ1) is 12.5. The number of morpholine rings is 1. The van der Waals surface area contributed by atoms with E-state index in [0.717, 1.165) is 21.9 Å². The number of fused-ring (bicyclic) bond motifs is 1. The molecule has 0 aliphatic carbocycles. The molecule has 5 nitrogen and oxygen atoms in total.